The standard InChI is InChI=1S/C14H15N3O2/c15-12-7-4-9-16-14(12)17-13(18)8-10-19-11-5-2-1-3-6-11/h1-7,9H,8,10,15H2,(H,16,17,18). The average molecular weight is 257 g/mol. The van der Waals surface area contributed by atoms with Crippen molar-refractivity contribution in [3.05, 3.63) is 48.7 Å². The Labute approximate surface area is 111 Å². The summed E-state index contributed by atoms with van der Waals surface area (Å²) in [6.45, 7) is 0.308. The topological polar surface area (TPSA) is 77.2 Å². The van der Waals surface area contributed by atoms with Gasteiger partial charge in [0.2, 0.25) is 5.91 Å². The van der Waals surface area contributed by atoms with Gasteiger partial charge in [0.15, 0.2) is 5.82 Å². The number of nitrogens with one attached hydrogen (secondary N) is 1. The largest absolute Gasteiger partial charge is 0.493 e. The number of carbonyl (C=O) groups excluding carboxylic acids is 1. The summed E-state index contributed by atoms with van der Waals surface area (Å²) in [6, 6.07) is 12.7. The van der Waals surface area contributed by atoms with E-state index in [-0.39, 0.29) is 12.3 Å². The summed E-state index contributed by atoms with van der Waals surface area (Å²) in [5.74, 6) is 0.946. The number of anilines is 2. The predicted molar refractivity (Wildman–Crippen MR) is 73.8 cm³/mol. The van der Waals surface area contributed by atoms with Crippen LogP contribution in [0.3, 0.4) is 0 Å². The zero-order valence-electron chi connectivity index (χ0n) is 10.4. The molecule has 0 saturated heterocycles. The highest BCUT2D eigenvalue weighted by Gasteiger charge is 2.06. The molecule has 19 heavy (non-hydrogen) atoms. The van der Waals surface area contributed by atoms with Gasteiger partial charge in [0.1, 0.15) is 5.75 Å². The van der Waals surface area contributed by atoms with Gasteiger partial charge in [-0.25, -0.2) is 4.98 Å². The van der Waals surface area contributed by atoms with Gasteiger partial charge in [-0.2, -0.15) is 0 Å². The van der Waals surface area contributed by atoms with Gasteiger partial charge >= 0.3 is 0 Å². The summed E-state index contributed by atoms with van der Waals surface area (Å²) in [6.07, 6.45) is 1.82. The van der Waals surface area contributed by atoms with Crippen molar-refractivity contribution in [2.75, 3.05) is 17.7 Å². The summed E-state index contributed by atoms with van der Waals surface area (Å²) in [5, 5.41) is 2.64. The highest BCUT2D eigenvalue weighted by atomic mass is 16.5. The molecule has 0 bridgehead atoms. The van der Waals surface area contributed by atoms with Crippen LogP contribution in [0.1, 0.15) is 6.42 Å². The van der Waals surface area contributed by atoms with Crippen molar-refractivity contribution in [2.45, 2.75) is 6.42 Å². The number of nitrogens with zero attached hydrogens (tertiary/aromatic N) is 1. The van der Waals surface area contributed by atoms with E-state index in [2.05, 4.69) is 10.3 Å². The molecule has 0 aliphatic carbocycles. The van der Waals surface area contributed by atoms with E-state index >= 15 is 0 Å². The molecular weight excluding hydrogens is 242 g/mol. The molecule has 1 aromatic heterocycles. The van der Waals surface area contributed by atoms with E-state index in [1.807, 2.05) is 30.3 Å². The molecule has 5 nitrogen and oxygen atoms in total. The highest BCUT2D eigenvalue weighted by molar-refractivity contribution is 5.92. The number of nitrogen functional groups attached to an aromatic ring is 1. The molecule has 0 aliphatic rings. The van der Waals surface area contributed by atoms with E-state index < -0.39 is 0 Å². The lowest BCUT2D eigenvalue weighted by Crippen LogP contribution is -2.16. The molecule has 0 fully saturated rings. The van der Waals surface area contributed by atoms with Crippen LogP contribution in [0.5, 0.6) is 5.75 Å². The number of benzene rings is 1. The van der Waals surface area contributed by atoms with Crippen molar-refractivity contribution in [2.24, 2.45) is 0 Å². The van der Waals surface area contributed by atoms with Gasteiger partial charge in [-0.1, -0.05) is 18.2 Å². The number of para-hydroxylation sites is 1. The maximum atomic E-state index is 11.7. The second-order valence-corrected chi connectivity index (χ2v) is 3.90. The normalized spacial score (nSPS) is 9.89. The molecule has 1 amide bonds. The molecule has 2 rings (SSSR count). The summed E-state index contributed by atoms with van der Waals surface area (Å²) < 4.78 is 5.43. The molecule has 0 aliphatic heterocycles. The van der Waals surface area contributed by atoms with Gasteiger partial charge in [0.25, 0.3) is 0 Å². The first-order chi connectivity index (χ1) is 9.25. The number of carbonyl (C=O) groups is 1. The molecule has 0 spiro atoms. The van der Waals surface area contributed by atoms with E-state index in [0.29, 0.717) is 18.1 Å². The number of rotatable bonds is 5. The Kier molecular flexibility index (Phi) is 4.34. The van der Waals surface area contributed by atoms with Crippen LogP contribution >= 0.6 is 0 Å². The van der Waals surface area contributed by atoms with E-state index in [1.54, 1.807) is 18.3 Å². The molecule has 5 heteroatoms. The fourth-order valence-electron chi connectivity index (χ4n) is 1.50. The fourth-order valence-corrected chi connectivity index (χ4v) is 1.50. The third-order valence-corrected chi connectivity index (χ3v) is 2.44. The minimum Gasteiger partial charge on any atom is -0.493 e. The molecule has 2 aromatic rings. The van der Waals surface area contributed by atoms with E-state index in [0.717, 1.165) is 5.75 Å². The Morgan fingerprint density at radius 1 is 1.21 bits per heavy atom. The SMILES string of the molecule is Nc1cccnc1NC(=O)CCOc1ccccc1. The monoisotopic (exact) mass is 257 g/mol. The van der Waals surface area contributed by atoms with Gasteiger partial charge in [-0.05, 0) is 24.3 Å². The van der Waals surface area contributed by atoms with Gasteiger partial charge < -0.3 is 15.8 Å². The van der Waals surface area contributed by atoms with E-state index in [4.69, 9.17) is 10.5 Å². The molecule has 0 saturated carbocycles. The van der Waals surface area contributed by atoms with Gasteiger partial charge in [0, 0.05) is 6.20 Å². The van der Waals surface area contributed by atoms with Crippen molar-refractivity contribution < 1.29 is 9.53 Å². The quantitative estimate of drug-likeness (QED) is 0.859. The number of nitrogens with two attached hydrogens (primary N) is 1. The van der Waals surface area contributed by atoms with Crippen molar-refractivity contribution in [3.63, 3.8) is 0 Å². The van der Waals surface area contributed by atoms with E-state index in [9.17, 15) is 4.79 Å². The molecule has 0 radical (unpaired) electrons. The van der Waals surface area contributed by atoms with Crippen molar-refractivity contribution in [1.82, 2.24) is 4.98 Å². The highest BCUT2D eigenvalue weighted by Crippen LogP contribution is 2.13. The van der Waals surface area contributed by atoms with Gasteiger partial charge in [-0.15, -0.1) is 0 Å². The van der Waals surface area contributed by atoms with Crippen LogP contribution in [0.4, 0.5) is 11.5 Å². The zero-order chi connectivity index (χ0) is 13.5. The number of ether oxygens (including phenoxy) is 1. The Hall–Kier alpha value is -2.56. The lowest BCUT2D eigenvalue weighted by Gasteiger charge is -2.07. The van der Waals surface area contributed by atoms with Crippen LogP contribution in [0.25, 0.3) is 0 Å². The first-order valence-corrected chi connectivity index (χ1v) is 5.94. The predicted octanol–water partition coefficient (Wildman–Crippen LogP) is 2.07. The maximum absolute atomic E-state index is 11.7. The van der Waals surface area contributed by atoms with Gasteiger partial charge in [-0.3, -0.25) is 4.79 Å². The second kappa shape index (κ2) is 6.39. The average Bonchev–Trinajstić information content (AvgIpc) is 2.43. The molecule has 1 aromatic carbocycles. The molecular formula is C14H15N3O2. The van der Waals surface area contributed by atoms with Crippen molar-refractivity contribution in [3.8, 4) is 5.75 Å². The van der Waals surface area contributed by atoms with Crippen LogP contribution in [-0.4, -0.2) is 17.5 Å². The number of amides is 1. The molecule has 1 heterocycles. The number of hydrogen-bond acceptors (Lipinski definition) is 4. The van der Waals surface area contributed by atoms with Crippen molar-refractivity contribution >= 4 is 17.4 Å². The van der Waals surface area contributed by atoms with E-state index in [1.165, 1.54) is 0 Å². The Balaban J connectivity index is 1.78. The number of aromatic nitrogens is 1. The zero-order valence-corrected chi connectivity index (χ0v) is 10.4. The second-order valence-electron chi connectivity index (χ2n) is 3.90. The molecule has 0 atom stereocenters. The van der Waals surface area contributed by atoms with Crippen LogP contribution < -0.4 is 15.8 Å². The molecule has 3 N–H and O–H groups in total. The summed E-state index contributed by atoms with van der Waals surface area (Å²) in [7, 11) is 0. The number of hydrogen-bond donors (Lipinski definition) is 2. The maximum Gasteiger partial charge on any atom is 0.229 e. The Bertz CT molecular complexity index is 543. The van der Waals surface area contributed by atoms with Crippen molar-refractivity contribution in [1.29, 1.82) is 0 Å². The molecule has 98 valence electrons. The Morgan fingerprint density at radius 3 is 2.74 bits per heavy atom. The van der Waals surface area contributed by atoms with Crippen LogP contribution in [0.15, 0.2) is 48.7 Å². The minimum absolute atomic E-state index is 0.179. The summed E-state index contributed by atoms with van der Waals surface area (Å²) in [4.78, 5) is 15.7. The van der Waals surface area contributed by atoms with Gasteiger partial charge in [0.05, 0.1) is 18.7 Å². The number of pyridine rings is 1. The first-order valence-electron chi connectivity index (χ1n) is 5.94. The fraction of sp³-hybridized carbons (Fsp3) is 0.143. The third kappa shape index (κ3) is 3.99. The Morgan fingerprint density at radius 2 is 2.00 bits per heavy atom. The van der Waals surface area contributed by atoms with Crippen LogP contribution in [0, 0.1) is 0 Å². The summed E-state index contributed by atoms with van der Waals surface area (Å²) >= 11 is 0. The smallest absolute Gasteiger partial charge is 0.229 e. The molecule has 0 unspecified atom stereocenters. The van der Waals surface area contributed by atoms with Crippen LogP contribution in [0.2, 0.25) is 0 Å². The summed E-state index contributed by atoms with van der Waals surface area (Å²) in [5.41, 5.74) is 6.12. The lowest BCUT2D eigenvalue weighted by atomic mass is 10.3. The minimum atomic E-state index is -0.179. The first kappa shape index (κ1) is 12.9. The van der Waals surface area contributed by atoms with Crippen LogP contribution in [-0.2, 0) is 4.79 Å². The third-order valence-electron chi connectivity index (χ3n) is 2.44. The lowest BCUT2D eigenvalue weighted by molar-refractivity contribution is -0.116.